The molecule has 0 aliphatic carbocycles. The molecule has 0 fully saturated rings. The van der Waals surface area contributed by atoms with E-state index >= 15 is 0 Å². The molecule has 0 saturated heterocycles. The van der Waals surface area contributed by atoms with Gasteiger partial charge in [-0.2, -0.15) is 10.6 Å². The lowest BCUT2D eigenvalue weighted by molar-refractivity contribution is 0.801. The molecule has 1 N–H and O–H groups in total. The van der Waals surface area contributed by atoms with E-state index in [1.807, 2.05) is 6.92 Å². The molecular weight excluding hydrogens is 108 g/mol. The number of nitrogens with zero attached hydrogens (tertiary/aromatic N) is 5. The fraction of sp³-hybridized carbons (Fsp3) is 1.00. The van der Waals surface area contributed by atoms with Crippen LogP contribution in [0.3, 0.4) is 0 Å². The zero-order valence-electron chi connectivity index (χ0n) is 4.44. The van der Waals surface area contributed by atoms with Gasteiger partial charge in [0.1, 0.15) is 0 Å². The fourth-order valence-electron chi connectivity index (χ4n) is 0.129. The first-order chi connectivity index (χ1) is 3.91. The zero-order valence-corrected chi connectivity index (χ0v) is 4.44. The highest BCUT2D eigenvalue weighted by atomic mass is 15.6. The summed E-state index contributed by atoms with van der Waals surface area (Å²) in [5.41, 5.74) is 6.10. The molecule has 0 unspecified atom stereocenters. The van der Waals surface area contributed by atoms with Crippen molar-refractivity contribution in [2.24, 2.45) is 26.0 Å². The number of rotatable bonds is 3. The molecule has 0 aliphatic heterocycles. The van der Waals surface area contributed by atoms with Crippen molar-refractivity contribution in [1.29, 1.82) is 5.53 Å². The summed E-state index contributed by atoms with van der Waals surface area (Å²) >= 11 is 0. The van der Waals surface area contributed by atoms with Crippen molar-refractivity contribution in [2.45, 2.75) is 6.92 Å². The number of hydrogen-bond donors (Lipinski definition) is 1. The zero-order chi connectivity index (χ0) is 6.24. The van der Waals surface area contributed by atoms with Crippen LogP contribution in [0.1, 0.15) is 6.92 Å². The van der Waals surface area contributed by atoms with E-state index in [1.165, 1.54) is 0 Å². The van der Waals surface area contributed by atoms with Gasteiger partial charge in [-0.05, 0) is 27.8 Å². The van der Waals surface area contributed by atoms with Crippen molar-refractivity contribution in [2.75, 3.05) is 6.54 Å². The van der Waals surface area contributed by atoms with Crippen molar-refractivity contribution in [3.63, 3.8) is 0 Å². The molecule has 0 spiro atoms. The quantitative estimate of drug-likeness (QED) is 0.428. The third-order valence-corrected chi connectivity index (χ3v) is 0.329. The summed E-state index contributed by atoms with van der Waals surface area (Å²) in [7, 11) is 0. The van der Waals surface area contributed by atoms with Gasteiger partial charge in [-0.15, -0.1) is 0 Å². The Kier molecular flexibility index (Phi) is 4.93. The summed E-state index contributed by atoms with van der Waals surface area (Å²) in [6.45, 7) is 2.38. The maximum absolute atomic E-state index is 6.10. The van der Waals surface area contributed by atoms with E-state index in [9.17, 15) is 0 Å². The first kappa shape index (κ1) is 6.80. The molecule has 0 atom stereocenters. The topological polar surface area (TPSA) is 85.7 Å². The lowest BCUT2D eigenvalue weighted by Crippen LogP contribution is -1.58. The minimum atomic E-state index is 0.566. The Balaban J connectivity index is 3.26. The first-order valence-corrected chi connectivity index (χ1v) is 2.05. The van der Waals surface area contributed by atoms with Crippen molar-refractivity contribution in [3.05, 3.63) is 0 Å². The number of hydrogen-bond acceptors (Lipinski definition) is 2. The highest BCUT2D eigenvalue weighted by Crippen LogP contribution is 1.78. The molecular formula is C2H6N6. The summed E-state index contributed by atoms with van der Waals surface area (Å²) in [5.74, 6) is 0. The largest absolute Gasteiger partial charge is 0.183 e. The van der Waals surface area contributed by atoms with Gasteiger partial charge in [-0.25, -0.2) is 0 Å². The van der Waals surface area contributed by atoms with Crippen LogP contribution in [0.15, 0.2) is 26.0 Å². The molecule has 44 valence electrons. The molecule has 0 amide bonds. The minimum absolute atomic E-state index is 0.566. The second-order valence-electron chi connectivity index (χ2n) is 0.826. The highest BCUT2D eigenvalue weighted by Gasteiger charge is 1.62. The second-order valence-corrected chi connectivity index (χ2v) is 0.826. The predicted octanol–water partition coefficient (Wildman–Crippen LogP) is 1.77. The average molecular weight is 114 g/mol. The molecule has 0 rings (SSSR count). The lowest BCUT2D eigenvalue weighted by Gasteiger charge is -1.68. The summed E-state index contributed by atoms with van der Waals surface area (Å²) < 4.78 is 0. The Morgan fingerprint density at radius 3 is 2.50 bits per heavy atom. The normalized spacial score (nSPS) is 11.1. The summed E-state index contributed by atoms with van der Waals surface area (Å²) in [4.78, 5) is 0. The van der Waals surface area contributed by atoms with E-state index in [2.05, 4.69) is 26.0 Å². The van der Waals surface area contributed by atoms with E-state index in [1.54, 1.807) is 0 Å². The molecule has 8 heavy (non-hydrogen) atoms. The molecule has 0 aliphatic rings. The van der Waals surface area contributed by atoms with Gasteiger partial charge in [-0.3, -0.25) is 0 Å². The molecule has 0 radical (unpaired) electrons. The van der Waals surface area contributed by atoms with Gasteiger partial charge in [0, 0.05) is 0 Å². The average Bonchev–Trinajstić information content (AvgIpc) is 1.81. The molecule has 0 heterocycles. The minimum Gasteiger partial charge on any atom is -0.183 e. The van der Waals surface area contributed by atoms with Crippen LogP contribution < -0.4 is 0 Å². The fourth-order valence-corrected chi connectivity index (χ4v) is 0.129. The predicted molar refractivity (Wildman–Crippen MR) is 25.4 cm³/mol. The Morgan fingerprint density at radius 2 is 2.00 bits per heavy atom. The van der Waals surface area contributed by atoms with Gasteiger partial charge in [0.05, 0.1) is 6.54 Å². The van der Waals surface area contributed by atoms with Gasteiger partial charge in [0.2, 0.25) is 0 Å². The van der Waals surface area contributed by atoms with Crippen LogP contribution in [0, 0.1) is 5.53 Å². The van der Waals surface area contributed by atoms with E-state index in [0.29, 0.717) is 6.54 Å². The monoisotopic (exact) mass is 114 g/mol. The Labute approximate surface area is 46.2 Å². The SMILES string of the molecule is CCN=N/N=N/N=N. The van der Waals surface area contributed by atoms with Crippen LogP contribution in [0.25, 0.3) is 0 Å². The molecule has 0 aromatic carbocycles. The molecule has 6 nitrogen and oxygen atoms in total. The van der Waals surface area contributed by atoms with Crippen LogP contribution in [0.5, 0.6) is 0 Å². The van der Waals surface area contributed by atoms with Crippen molar-refractivity contribution in [1.82, 2.24) is 0 Å². The Bertz CT molecular complexity index is 103. The third kappa shape index (κ3) is 4.80. The molecule has 0 aromatic rings. The smallest absolute Gasteiger partial charge is 0.0593 e. The van der Waals surface area contributed by atoms with Gasteiger partial charge >= 0.3 is 0 Å². The van der Waals surface area contributed by atoms with Crippen LogP contribution in [0.2, 0.25) is 0 Å². The summed E-state index contributed by atoms with van der Waals surface area (Å²) in [6, 6.07) is 0. The van der Waals surface area contributed by atoms with Gasteiger partial charge < -0.3 is 0 Å². The van der Waals surface area contributed by atoms with Crippen LogP contribution in [-0.4, -0.2) is 6.54 Å². The van der Waals surface area contributed by atoms with Gasteiger partial charge in [0.25, 0.3) is 0 Å². The second kappa shape index (κ2) is 5.80. The maximum Gasteiger partial charge on any atom is 0.0593 e. The lowest BCUT2D eigenvalue weighted by atomic mass is 10.8. The molecule has 0 aromatic heterocycles. The summed E-state index contributed by atoms with van der Waals surface area (Å²) in [5, 5.41) is 15.0. The Morgan fingerprint density at radius 1 is 1.25 bits per heavy atom. The van der Waals surface area contributed by atoms with Crippen LogP contribution in [0.4, 0.5) is 0 Å². The van der Waals surface area contributed by atoms with E-state index in [4.69, 9.17) is 5.53 Å². The van der Waals surface area contributed by atoms with E-state index in [-0.39, 0.29) is 0 Å². The summed E-state index contributed by atoms with van der Waals surface area (Å²) in [6.07, 6.45) is 0. The molecule has 0 saturated carbocycles. The Hall–Kier alpha value is -1.20. The highest BCUT2D eigenvalue weighted by molar-refractivity contribution is 4.17. The van der Waals surface area contributed by atoms with E-state index < -0.39 is 0 Å². The van der Waals surface area contributed by atoms with Crippen molar-refractivity contribution >= 4 is 0 Å². The van der Waals surface area contributed by atoms with Crippen molar-refractivity contribution in [3.8, 4) is 0 Å². The van der Waals surface area contributed by atoms with Gasteiger partial charge in [0.15, 0.2) is 0 Å². The van der Waals surface area contributed by atoms with Gasteiger partial charge in [-0.1, -0.05) is 0 Å². The van der Waals surface area contributed by atoms with Crippen LogP contribution in [-0.2, 0) is 0 Å². The molecule has 0 bridgehead atoms. The number of nitrogens with one attached hydrogen (secondary N) is 1. The van der Waals surface area contributed by atoms with E-state index in [0.717, 1.165) is 0 Å². The van der Waals surface area contributed by atoms with Crippen LogP contribution >= 0.6 is 0 Å². The molecule has 6 heteroatoms. The third-order valence-electron chi connectivity index (χ3n) is 0.329. The van der Waals surface area contributed by atoms with Crippen molar-refractivity contribution < 1.29 is 0 Å². The maximum atomic E-state index is 6.10. The first-order valence-electron chi connectivity index (χ1n) is 2.05. The standard InChI is InChI=1S/C2H6N6/c1-2-4-6-8-7-5-3/h3H,2H2,1H3/b5-3?,6-4?,8-7+.